The number of likely N-dealkylation sites (N-methyl/N-ethyl adjacent to an activating group) is 1. The predicted octanol–water partition coefficient (Wildman–Crippen LogP) is 3.59. The van der Waals surface area contributed by atoms with Gasteiger partial charge in [0.25, 0.3) is 5.89 Å². The highest BCUT2D eigenvalue weighted by atomic mass is 16.5. The summed E-state index contributed by atoms with van der Waals surface area (Å²) < 4.78 is 5.63. The number of nitrogens with zero attached hydrogens (tertiary/aromatic N) is 3. The third-order valence-corrected chi connectivity index (χ3v) is 4.91. The summed E-state index contributed by atoms with van der Waals surface area (Å²) in [5.41, 5.74) is 3.82. The maximum atomic E-state index is 9.10. The highest BCUT2D eigenvalue weighted by molar-refractivity contribution is 6.27. The number of hydrogen-bond donors (Lipinski definition) is 2. The van der Waals surface area contributed by atoms with E-state index in [4.69, 9.17) is 24.3 Å². The molecule has 8 nitrogen and oxygen atoms in total. The second-order valence-electron chi connectivity index (χ2n) is 7.03. The summed E-state index contributed by atoms with van der Waals surface area (Å²) in [6.07, 6.45) is 5.48. The number of aryl methyl sites for hydroxylation is 1. The van der Waals surface area contributed by atoms with Gasteiger partial charge in [-0.05, 0) is 30.5 Å². The summed E-state index contributed by atoms with van der Waals surface area (Å²) in [6.45, 7) is 7.43. The highest BCUT2D eigenvalue weighted by Crippen LogP contribution is 2.32. The number of carbonyl (C=O) groups is 2. The Kier molecular flexibility index (Phi) is 9.21. The van der Waals surface area contributed by atoms with E-state index in [-0.39, 0.29) is 0 Å². The van der Waals surface area contributed by atoms with E-state index in [1.165, 1.54) is 29.6 Å². The molecule has 1 aromatic heterocycles. The summed E-state index contributed by atoms with van der Waals surface area (Å²) in [6, 6.07) is 10.6. The van der Waals surface area contributed by atoms with Crippen molar-refractivity contribution in [1.29, 1.82) is 0 Å². The number of rotatable bonds is 7. The Morgan fingerprint density at radius 3 is 2.37 bits per heavy atom. The van der Waals surface area contributed by atoms with Crippen LogP contribution in [-0.2, 0) is 16.0 Å². The van der Waals surface area contributed by atoms with Crippen LogP contribution >= 0.6 is 0 Å². The standard InChI is InChI=1S/C20H27N3O.C2H2O4/c1-3-5-7-12-19-21-20(24-22-19)18-15-23(4-2)14-13-17(18)16-10-8-6-9-11-16;3-1(4)2(5)6/h6,8-11H,3-5,7,12-15H2,1-2H3;(H,3,4)(H,5,6). The van der Waals surface area contributed by atoms with Crippen LogP contribution in [0.25, 0.3) is 11.1 Å². The zero-order chi connectivity index (χ0) is 21.9. The van der Waals surface area contributed by atoms with E-state index in [9.17, 15) is 0 Å². The van der Waals surface area contributed by atoms with Crippen LogP contribution in [0.3, 0.4) is 0 Å². The van der Waals surface area contributed by atoms with E-state index in [2.05, 4.69) is 59.2 Å². The van der Waals surface area contributed by atoms with Crippen LogP contribution in [0, 0.1) is 0 Å². The molecule has 1 aromatic carbocycles. The lowest BCUT2D eigenvalue weighted by molar-refractivity contribution is -0.159. The smallest absolute Gasteiger partial charge is 0.414 e. The second kappa shape index (κ2) is 11.9. The largest absolute Gasteiger partial charge is 0.473 e. The van der Waals surface area contributed by atoms with Crippen molar-refractivity contribution in [3.05, 3.63) is 47.6 Å². The van der Waals surface area contributed by atoms with Gasteiger partial charge in [0.2, 0.25) is 0 Å². The van der Waals surface area contributed by atoms with Gasteiger partial charge < -0.3 is 14.7 Å². The van der Waals surface area contributed by atoms with Crippen molar-refractivity contribution >= 4 is 23.1 Å². The molecular formula is C22H29N3O5. The summed E-state index contributed by atoms with van der Waals surface area (Å²) in [7, 11) is 0. The minimum absolute atomic E-state index is 0.707. The molecule has 0 saturated heterocycles. The Labute approximate surface area is 176 Å². The van der Waals surface area contributed by atoms with Crippen molar-refractivity contribution in [2.45, 2.75) is 46.0 Å². The molecule has 2 N–H and O–H groups in total. The molecule has 2 aromatic rings. The molecule has 1 aliphatic heterocycles. The van der Waals surface area contributed by atoms with Crippen LogP contribution < -0.4 is 0 Å². The zero-order valence-corrected chi connectivity index (χ0v) is 17.5. The molecule has 0 spiro atoms. The van der Waals surface area contributed by atoms with Crippen LogP contribution in [-0.4, -0.2) is 56.8 Å². The van der Waals surface area contributed by atoms with Crippen molar-refractivity contribution in [2.75, 3.05) is 19.6 Å². The molecule has 8 heteroatoms. The van der Waals surface area contributed by atoms with Gasteiger partial charge in [0, 0.05) is 25.1 Å². The van der Waals surface area contributed by atoms with Gasteiger partial charge in [-0.3, -0.25) is 4.90 Å². The van der Waals surface area contributed by atoms with Crippen molar-refractivity contribution in [1.82, 2.24) is 15.0 Å². The van der Waals surface area contributed by atoms with E-state index < -0.39 is 11.9 Å². The molecule has 0 amide bonds. The van der Waals surface area contributed by atoms with Crippen LogP contribution in [0.2, 0.25) is 0 Å². The maximum Gasteiger partial charge on any atom is 0.414 e. The van der Waals surface area contributed by atoms with Crippen molar-refractivity contribution in [2.24, 2.45) is 0 Å². The number of benzene rings is 1. The fourth-order valence-electron chi connectivity index (χ4n) is 3.25. The second-order valence-corrected chi connectivity index (χ2v) is 7.03. The molecule has 162 valence electrons. The first-order valence-corrected chi connectivity index (χ1v) is 10.2. The lowest BCUT2D eigenvalue weighted by Crippen LogP contribution is -2.30. The Balaban J connectivity index is 0.000000469. The van der Waals surface area contributed by atoms with Crippen molar-refractivity contribution in [3.63, 3.8) is 0 Å². The van der Waals surface area contributed by atoms with E-state index in [0.29, 0.717) is 5.89 Å². The Morgan fingerprint density at radius 2 is 1.77 bits per heavy atom. The number of carboxylic acids is 2. The van der Waals surface area contributed by atoms with Gasteiger partial charge in [-0.15, -0.1) is 0 Å². The molecule has 2 heterocycles. The zero-order valence-electron chi connectivity index (χ0n) is 17.5. The van der Waals surface area contributed by atoms with Gasteiger partial charge in [-0.1, -0.05) is 62.2 Å². The minimum Gasteiger partial charge on any atom is -0.473 e. The molecule has 1 aliphatic rings. The fraction of sp³-hybridized carbons (Fsp3) is 0.455. The first-order valence-electron chi connectivity index (χ1n) is 10.2. The Bertz CT molecular complexity index is 849. The van der Waals surface area contributed by atoms with Crippen LogP contribution in [0.5, 0.6) is 0 Å². The van der Waals surface area contributed by atoms with Crippen LogP contribution in [0.15, 0.2) is 34.9 Å². The van der Waals surface area contributed by atoms with Gasteiger partial charge in [0.05, 0.1) is 0 Å². The maximum absolute atomic E-state index is 9.10. The SMILES string of the molecule is CCCCCc1noc(C2=C(c3ccccc3)CCN(CC)C2)n1.O=C(O)C(=O)O. The molecular weight excluding hydrogens is 386 g/mol. The van der Waals surface area contributed by atoms with Gasteiger partial charge in [0.1, 0.15) is 0 Å². The first kappa shape index (κ1) is 23.3. The van der Waals surface area contributed by atoms with E-state index >= 15 is 0 Å². The molecule has 0 radical (unpaired) electrons. The normalized spacial score (nSPS) is 14.2. The van der Waals surface area contributed by atoms with Crippen molar-refractivity contribution in [3.8, 4) is 0 Å². The summed E-state index contributed by atoms with van der Waals surface area (Å²) in [5, 5.41) is 19.0. The van der Waals surface area contributed by atoms with E-state index in [1.54, 1.807) is 0 Å². The summed E-state index contributed by atoms with van der Waals surface area (Å²) in [4.78, 5) is 25.3. The van der Waals surface area contributed by atoms with Crippen LogP contribution in [0.4, 0.5) is 0 Å². The lowest BCUT2D eigenvalue weighted by atomic mass is 9.93. The highest BCUT2D eigenvalue weighted by Gasteiger charge is 2.24. The Morgan fingerprint density at radius 1 is 1.07 bits per heavy atom. The van der Waals surface area contributed by atoms with Gasteiger partial charge in [-0.25, -0.2) is 9.59 Å². The van der Waals surface area contributed by atoms with Gasteiger partial charge >= 0.3 is 11.9 Å². The molecule has 0 saturated carbocycles. The minimum atomic E-state index is -1.82. The average Bonchev–Trinajstić information content (AvgIpc) is 3.23. The molecule has 0 fully saturated rings. The number of unbranched alkanes of at least 4 members (excludes halogenated alkanes) is 2. The first-order chi connectivity index (χ1) is 14.5. The van der Waals surface area contributed by atoms with E-state index in [0.717, 1.165) is 44.7 Å². The number of carboxylic acid groups (broad SMARTS) is 2. The van der Waals surface area contributed by atoms with Gasteiger partial charge in [-0.2, -0.15) is 4.98 Å². The average molecular weight is 415 g/mol. The molecule has 3 rings (SSSR count). The fourth-order valence-corrected chi connectivity index (χ4v) is 3.25. The number of aliphatic carboxylic acids is 2. The van der Waals surface area contributed by atoms with Gasteiger partial charge in [0.15, 0.2) is 5.82 Å². The van der Waals surface area contributed by atoms with Crippen LogP contribution in [0.1, 0.15) is 56.8 Å². The third-order valence-electron chi connectivity index (χ3n) is 4.91. The van der Waals surface area contributed by atoms with Crippen molar-refractivity contribution < 1.29 is 24.3 Å². The molecule has 0 atom stereocenters. The van der Waals surface area contributed by atoms with E-state index in [1.807, 2.05) is 0 Å². The molecule has 0 bridgehead atoms. The summed E-state index contributed by atoms with van der Waals surface area (Å²) in [5.74, 6) is -2.10. The molecule has 0 unspecified atom stereocenters. The number of hydrogen-bond acceptors (Lipinski definition) is 6. The monoisotopic (exact) mass is 415 g/mol. The topological polar surface area (TPSA) is 117 Å². The predicted molar refractivity (Wildman–Crippen MR) is 113 cm³/mol. The number of aromatic nitrogens is 2. The lowest BCUT2D eigenvalue weighted by Gasteiger charge is -2.28. The molecule has 0 aliphatic carbocycles. The quantitative estimate of drug-likeness (QED) is 0.520. The Hall–Kier alpha value is -3.00. The molecule has 30 heavy (non-hydrogen) atoms. The third kappa shape index (κ3) is 6.81. The summed E-state index contributed by atoms with van der Waals surface area (Å²) >= 11 is 0.